The SMILES string of the molecule is O=C(O)CCN1Cc2ccc(Cl)cc2C1=O. The summed E-state index contributed by atoms with van der Waals surface area (Å²) >= 11 is 5.80. The smallest absolute Gasteiger partial charge is 0.305 e. The van der Waals surface area contributed by atoms with Crippen molar-refractivity contribution < 1.29 is 14.7 Å². The van der Waals surface area contributed by atoms with Crippen LogP contribution in [0.25, 0.3) is 0 Å². The molecule has 1 aliphatic heterocycles. The van der Waals surface area contributed by atoms with E-state index in [4.69, 9.17) is 16.7 Å². The standard InChI is InChI=1S/C11H10ClNO3/c12-8-2-1-7-6-13(4-3-10(14)15)11(16)9(7)5-8/h1-2,5H,3-4,6H2,(H,14,15). The molecule has 1 heterocycles. The highest BCUT2D eigenvalue weighted by Gasteiger charge is 2.27. The average Bonchev–Trinajstić information content (AvgIpc) is 2.53. The molecule has 1 aliphatic rings. The van der Waals surface area contributed by atoms with Gasteiger partial charge in [0.1, 0.15) is 0 Å². The highest BCUT2D eigenvalue weighted by molar-refractivity contribution is 6.31. The summed E-state index contributed by atoms with van der Waals surface area (Å²) in [6.07, 6.45) is -0.0343. The zero-order valence-corrected chi connectivity index (χ0v) is 9.20. The molecule has 4 nitrogen and oxygen atoms in total. The van der Waals surface area contributed by atoms with Crippen LogP contribution in [0.3, 0.4) is 0 Å². The Hall–Kier alpha value is -1.55. The van der Waals surface area contributed by atoms with Crippen LogP contribution in [-0.4, -0.2) is 28.4 Å². The van der Waals surface area contributed by atoms with Crippen molar-refractivity contribution in [1.29, 1.82) is 0 Å². The van der Waals surface area contributed by atoms with E-state index in [9.17, 15) is 9.59 Å². The van der Waals surface area contributed by atoms with Gasteiger partial charge in [-0.05, 0) is 17.7 Å². The van der Waals surface area contributed by atoms with E-state index >= 15 is 0 Å². The van der Waals surface area contributed by atoms with Crippen LogP contribution in [0.15, 0.2) is 18.2 Å². The summed E-state index contributed by atoms with van der Waals surface area (Å²) in [6.45, 7) is 0.707. The van der Waals surface area contributed by atoms with Gasteiger partial charge in [0, 0.05) is 23.7 Å². The Bertz CT molecular complexity index is 459. The first-order valence-corrected chi connectivity index (χ1v) is 5.25. The molecule has 16 heavy (non-hydrogen) atoms. The van der Waals surface area contributed by atoms with Crippen LogP contribution in [0.4, 0.5) is 0 Å². The molecular weight excluding hydrogens is 230 g/mol. The third kappa shape index (κ3) is 2.02. The van der Waals surface area contributed by atoms with E-state index in [0.717, 1.165) is 5.56 Å². The van der Waals surface area contributed by atoms with Gasteiger partial charge in [-0.1, -0.05) is 17.7 Å². The van der Waals surface area contributed by atoms with E-state index in [1.165, 1.54) is 4.90 Å². The third-order valence-electron chi connectivity index (χ3n) is 2.55. The number of carboxylic acids is 1. The van der Waals surface area contributed by atoms with E-state index in [-0.39, 0.29) is 18.9 Å². The van der Waals surface area contributed by atoms with Crippen molar-refractivity contribution in [3.05, 3.63) is 34.3 Å². The Morgan fingerprint density at radius 1 is 1.50 bits per heavy atom. The predicted molar refractivity (Wildman–Crippen MR) is 58.4 cm³/mol. The summed E-state index contributed by atoms with van der Waals surface area (Å²) < 4.78 is 0. The number of carbonyl (C=O) groups is 2. The highest BCUT2D eigenvalue weighted by atomic mass is 35.5. The number of carboxylic acid groups (broad SMARTS) is 1. The summed E-state index contributed by atoms with van der Waals surface area (Å²) in [5, 5.41) is 9.08. The van der Waals surface area contributed by atoms with Gasteiger partial charge in [0.2, 0.25) is 0 Å². The Morgan fingerprint density at radius 3 is 2.94 bits per heavy atom. The summed E-state index contributed by atoms with van der Waals surface area (Å²) in [5.74, 6) is -1.04. The number of carbonyl (C=O) groups excluding carboxylic acids is 1. The van der Waals surface area contributed by atoms with E-state index in [1.54, 1.807) is 18.2 Å². The molecule has 1 aromatic carbocycles. The summed E-state index contributed by atoms with van der Waals surface area (Å²) in [6, 6.07) is 5.16. The number of nitrogens with zero attached hydrogens (tertiary/aromatic N) is 1. The molecule has 1 N–H and O–H groups in total. The van der Waals surface area contributed by atoms with Crippen molar-refractivity contribution in [2.24, 2.45) is 0 Å². The molecule has 5 heteroatoms. The van der Waals surface area contributed by atoms with E-state index in [2.05, 4.69) is 0 Å². The minimum Gasteiger partial charge on any atom is -0.481 e. The van der Waals surface area contributed by atoms with Gasteiger partial charge in [-0.2, -0.15) is 0 Å². The largest absolute Gasteiger partial charge is 0.481 e. The maximum atomic E-state index is 11.8. The quantitative estimate of drug-likeness (QED) is 0.875. The van der Waals surface area contributed by atoms with Crippen molar-refractivity contribution >= 4 is 23.5 Å². The molecule has 1 aromatic rings. The monoisotopic (exact) mass is 239 g/mol. The lowest BCUT2D eigenvalue weighted by molar-refractivity contribution is -0.137. The fraction of sp³-hybridized carbons (Fsp3) is 0.273. The zero-order valence-electron chi connectivity index (χ0n) is 8.44. The minimum atomic E-state index is -0.901. The molecule has 0 aliphatic carbocycles. The summed E-state index contributed by atoms with van der Waals surface area (Å²) in [7, 11) is 0. The molecule has 0 fully saturated rings. The van der Waals surface area contributed by atoms with E-state index < -0.39 is 5.97 Å². The Kier molecular flexibility index (Phi) is 2.83. The van der Waals surface area contributed by atoms with Crippen molar-refractivity contribution in [2.75, 3.05) is 6.54 Å². The molecular formula is C11H10ClNO3. The zero-order chi connectivity index (χ0) is 11.7. The number of hydrogen-bond donors (Lipinski definition) is 1. The Balaban J connectivity index is 2.15. The topological polar surface area (TPSA) is 57.6 Å². The van der Waals surface area contributed by atoms with Crippen molar-refractivity contribution in [1.82, 2.24) is 4.90 Å². The van der Waals surface area contributed by atoms with Gasteiger partial charge < -0.3 is 10.0 Å². The van der Waals surface area contributed by atoms with Crippen LogP contribution in [0, 0.1) is 0 Å². The van der Waals surface area contributed by atoms with Gasteiger partial charge in [-0.15, -0.1) is 0 Å². The van der Waals surface area contributed by atoms with Crippen LogP contribution in [0.5, 0.6) is 0 Å². The number of rotatable bonds is 3. The second-order valence-electron chi connectivity index (χ2n) is 3.67. The first-order chi connectivity index (χ1) is 7.58. The normalized spacial score (nSPS) is 14.1. The van der Waals surface area contributed by atoms with Gasteiger partial charge >= 0.3 is 5.97 Å². The lowest BCUT2D eigenvalue weighted by atomic mass is 10.1. The summed E-state index contributed by atoms with van der Waals surface area (Å²) in [4.78, 5) is 23.8. The average molecular weight is 240 g/mol. The fourth-order valence-electron chi connectivity index (χ4n) is 1.74. The van der Waals surface area contributed by atoms with Gasteiger partial charge in [0.25, 0.3) is 5.91 Å². The highest BCUT2D eigenvalue weighted by Crippen LogP contribution is 2.25. The molecule has 0 aromatic heterocycles. The second-order valence-corrected chi connectivity index (χ2v) is 4.11. The molecule has 0 saturated heterocycles. The van der Waals surface area contributed by atoms with Crippen LogP contribution in [0.1, 0.15) is 22.3 Å². The fourth-order valence-corrected chi connectivity index (χ4v) is 1.92. The summed E-state index contributed by atoms with van der Waals surface area (Å²) in [5.41, 5.74) is 1.48. The van der Waals surface area contributed by atoms with Crippen molar-refractivity contribution in [3.8, 4) is 0 Å². The number of halogens is 1. The molecule has 84 valence electrons. The third-order valence-corrected chi connectivity index (χ3v) is 2.78. The lowest BCUT2D eigenvalue weighted by Crippen LogP contribution is -2.26. The number of amides is 1. The molecule has 0 saturated carbocycles. The molecule has 0 unspecified atom stereocenters. The number of benzene rings is 1. The van der Waals surface area contributed by atoms with Gasteiger partial charge in [0.15, 0.2) is 0 Å². The van der Waals surface area contributed by atoms with Crippen LogP contribution in [0.2, 0.25) is 5.02 Å². The molecule has 0 atom stereocenters. The van der Waals surface area contributed by atoms with Gasteiger partial charge in [-0.25, -0.2) is 0 Å². The minimum absolute atomic E-state index is 0.0343. The van der Waals surface area contributed by atoms with Gasteiger partial charge in [0.05, 0.1) is 6.42 Å². The van der Waals surface area contributed by atoms with E-state index in [1.807, 2.05) is 0 Å². The lowest BCUT2D eigenvalue weighted by Gasteiger charge is -2.13. The van der Waals surface area contributed by atoms with Crippen LogP contribution >= 0.6 is 11.6 Å². The predicted octanol–water partition coefficient (Wildman–Crippen LogP) is 1.77. The van der Waals surface area contributed by atoms with Crippen molar-refractivity contribution in [2.45, 2.75) is 13.0 Å². The molecule has 0 spiro atoms. The Labute approximate surface area is 97.4 Å². The maximum absolute atomic E-state index is 11.8. The molecule has 1 amide bonds. The Morgan fingerprint density at radius 2 is 2.25 bits per heavy atom. The number of aliphatic carboxylic acids is 1. The molecule has 2 rings (SSSR count). The number of hydrogen-bond acceptors (Lipinski definition) is 2. The van der Waals surface area contributed by atoms with Gasteiger partial charge in [-0.3, -0.25) is 9.59 Å². The first-order valence-electron chi connectivity index (χ1n) is 4.87. The molecule has 0 radical (unpaired) electrons. The maximum Gasteiger partial charge on any atom is 0.305 e. The second kappa shape index (κ2) is 4.14. The van der Waals surface area contributed by atoms with Crippen molar-refractivity contribution in [3.63, 3.8) is 0 Å². The number of fused-ring (bicyclic) bond motifs is 1. The molecule has 0 bridgehead atoms. The first kappa shape index (κ1) is 11.0. The van der Waals surface area contributed by atoms with Crippen LogP contribution < -0.4 is 0 Å². The van der Waals surface area contributed by atoms with E-state index in [0.29, 0.717) is 17.1 Å². The van der Waals surface area contributed by atoms with Crippen LogP contribution in [-0.2, 0) is 11.3 Å².